The summed E-state index contributed by atoms with van der Waals surface area (Å²) in [5.41, 5.74) is 1.22. The van der Waals surface area contributed by atoms with Crippen molar-refractivity contribution in [2.24, 2.45) is 0 Å². The van der Waals surface area contributed by atoms with Gasteiger partial charge in [-0.25, -0.2) is 0 Å². The molecule has 0 fully saturated rings. The highest BCUT2D eigenvalue weighted by Gasteiger charge is 2.21. The lowest BCUT2D eigenvalue weighted by Crippen LogP contribution is -2.40. The van der Waals surface area contributed by atoms with E-state index in [1.54, 1.807) is 37.5 Å². The Morgan fingerprint density at radius 3 is 2.58 bits per heavy atom. The molecule has 128 valence electrons. The Bertz CT molecular complexity index is 714. The SMILES string of the molecule is Cc1c(Cl)cccc1NC(=O)C(=O)NCC(c1ccco1)N(C)C. The fraction of sp³-hybridized carbons (Fsp3) is 0.294. The van der Waals surface area contributed by atoms with Crippen LogP contribution in [0.4, 0.5) is 5.69 Å². The monoisotopic (exact) mass is 349 g/mol. The van der Waals surface area contributed by atoms with Gasteiger partial charge in [0, 0.05) is 17.3 Å². The zero-order valence-electron chi connectivity index (χ0n) is 13.8. The molecule has 1 aromatic heterocycles. The average molecular weight is 350 g/mol. The number of rotatable bonds is 5. The van der Waals surface area contributed by atoms with E-state index in [1.165, 1.54) is 0 Å². The van der Waals surface area contributed by atoms with Crippen molar-refractivity contribution in [3.8, 4) is 0 Å². The predicted octanol–water partition coefficient (Wildman–Crippen LogP) is 2.60. The fourth-order valence-corrected chi connectivity index (χ4v) is 2.38. The molecule has 1 heterocycles. The molecule has 6 nitrogen and oxygen atoms in total. The number of amides is 2. The first-order chi connectivity index (χ1) is 11.4. The number of benzene rings is 1. The number of likely N-dealkylation sites (N-methyl/N-ethyl adjacent to an activating group) is 1. The first-order valence-corrected chi connectivity index (χ1v) is 7.82. The summed E-state index contributed by atoms with van der Waals surface area (Å²) in [7, 11) is 3.74. The molecule has 1 atom stereocenters. The molecule has 0 radical (unpaired) electrons. The zero-order chi connectivity index (χ0) is 17.7. The number of hydrogen-bond donors (Lipinski definition) is 2. The van der Waals surface area contributed by atoms with Gasteiger partial charge in [0.2, 0.25) is 0 Å². The molecule has 0 saturated carbocycles. The molecule has 2 rings (SSSR count). The van der Waals surface area contributed by atoms with Crippen LogP contribution in [-0.2, 0) is 9.59 Å². The number of nitrogens with one attached hydrogen (secondary N) is 2. The van der Waals surface area contributed by atoms with Crippen LogP contribution in [0.15, 0.2) is 41.0 Å². The second-order valence-corrected chi connectivity index (χ2v) is 5.98. The van der Waals surface area contributed by atoms with Crippen LogP contribution in [-0.4, -0.2) is 37.4 Å². The van der Waals surface area contributed by atoms with Crippen LogP contribution >= 0.6 is 11.6 Å². The smallest absolute Gasteiger partial charge is 0.313 e. The quantitative estimate of drug-likeness (QED) is 0.814. The largest absolute Gasteiger partial charge is 0.468 e. The van der Waals surface area contributed by atoms with Crippen LogP contribution in [0.5, 0.6) is 0 Å². The lowest BCUT2D eigenvalue weighted by Gasteiger charge is -2.22. The molecule has 2 amide bonds. The second kappa shape index (κ2) is 7.99. The maximum atomic E-state index is 12.0. The van der Waals surface area contributed by atoms with E-state index in [0.29, 0.717) is 22.0 Å². The van der Waals surface area contributed by atoms with E-state index in [9.17, 15) is 9.59 Å². The first-order valence-electron chi connectivity index (χ1n) is 7.44. The van der Waals surface area contributed by atoms with Crippen molar-refractivity contribution in [2.75, 3.05) is 26.0 Å². The molecule has 0 aliphatic heterocycles. The highest BCUT2D eigenvalue weighted by molar-refractivity contribution is 6.40. The molecular weight excluding hydrogens is 330 g/mol. The number of halogens is 1. The van der Waals surface area contributed by atoms with Crippen molar-refractivity contribution < 1.29 is 14.0 Å². The summed E-state index contributed by atoms with van der Waals surface area (Å²) in [5, 5.41) is 5.71. The van der Waals surface area contributed by atoms with Gasteiger partial charge in [-0.1, -0.05) is 17.7 Å². The highest BCUT2D eigenvalue weighted by Crippen LogP contribution is 2.22. The molecule has 24 heavy (non-hydrogen) atoms. The number of furan rings is 1. The van der Waals surface area contributed by atoms with Gasteiger partial charge >= 0.3 is 11.8 Å². The molecular formula is C17H20ClN3O3. The first kappa shape index (κ1) is 18.0. The summed E-state index contributed by atoms with van der Waals surface area (Å²) in [4.78, 5) is 26.0. The van der Waals surface area contributed by atoms with E-state index < -0.39 is 11.8 Å². The minimum Gasteiger partial charge on any atom is -0.468 e. The summed E-state index contributed by atoms with van der Waals surface area (Å²) >= 11 is 6.00. The van der Waals surface area contributed by atoms with Crippen molar-refractivity contribution in [3.63, 3.8) is 0 Å². The molecule has 1 unspecified atom stereocenters. The highest BCUT2D eigenvalue weighted by atomic mass is 35.5. The molecule has 0 aliphatic rings. The van der Waals surface area contributed by atoms with Crippen LogP contribution in [0, 0.1) is 6.92 Å². The van der Waals surface area contributed by atoms with E-state index in [-0.39, 0.29) is 12.6 Å². The van der Waals surface area contributed by atoms with Gasteiger partial charge in [-0.05, 0) is 50.8 Å². The summed E-state index contributed by atoms with van der Waals surface area (Å²) < 4.78 is 5.37. The van der Waals surface area contributed by atoms with Gasteiger partial charge in [0.05, 0.1) is 12.3 Å². The van der Waals surface area contributed by atoms with E-state index in [1.807, 2.05) is 25.1 Å². The Labute approximate surface area is 145 Å². The fourth-order valence-electron chi connectivity index (χ4n) is 2.21. The predicted molar refractivity (Wildman–Crippen MR) is 93.0 cm³/mol. The standard InChI is InChI=1S/C17H20ClN3O3/c1-11-12(18)6-4-7-13(11)20-17(23)16(22)19-10-14(21(2)3)15-8-5-9-24-15/h4-9,14H,10H2,1-3H3,(H,19,22)(H,20,23). The van der Waals surface area contributed by atoms with E-state index in [0.717, 1.165) is 0 Å². The van der Waals surface area contributed by atoms with Crippen LogP contribution in [0.2, 0.25) is 5.02 Å². The van der Waals surface area contributed by atoms with Crippen molar-refractivity contribution in [1.29, 1.82) is 0 Å². The maximum Gasteiger partial charge on any atom is 0.313 e. The molecule has 7 heteroatoms. The summed E-state index contributed by atoms with van der Waals surface area (Å²) in [6.45, 7) is 2.02. The summed E-state index contributed by atoms with van der Waals surface area (Å²) in [6, 6.07) is 8.57. The van der Waals surface area contributed by atoms with Crippen LogP contribution < -0.4 is 10.6 Å². The van der Waals surface area contributed by atoms with Crippen molar-refractivity contribution in [2.45, 2.75) is 13.0 Å². The number of nitrogens with zero attached hydrogens (tertiary/aromatic N) is 1. The van der Waals surface area contributed by atoms with E-state index >= 15 is 0 Å². The van der Waals surface area contributed by atoms with Crippen molar-refractivity contribution >= 4 is 29.1 Å². The molecule has 1 aromatic carbocycles. The van der Waals surface area contributed by atoms with Crippen LogP contribution in [0.3, 0.4) is 0 Å². The lowest BCUT2D eigenvalue weighted by atomic mass is 10.2. The Balaban J connectivity index is 1.96. The molecule has 2 N–H and O–H groups in total. The van der Waals surface area contributed by atoms with Gasteiger partial charge in [-0.2, -0.15) is 0 Å². The summed E-state index contributed by atoms with van der Waals surface area (Å²) in [6.07, 6.45) is 1.57. The van der Waals surface area contributed by atoms with Gasteiger partial charge in [0.25, 0.3) is 0 Å². The van der Waals surface area contributed by atoms with Gasteiger partial charge in [0.1, 0.15) is 5.76 Å². The minimum absolute atomic E-state index is 0.162. The third kappa shape index (κ3) is 4.37. The van der Waals surface area contributed by atoms with Gasteiger partial charge < -0.3 is 15.1 Å². The Hall–Kier alpha value is -2.31. The van der Waals surface area contributed by atoms with E-state index in [2.05, 4.69) is 10.6 Å². The second-order valence-electron chi connectivity index (χ2n) is 5.57. The molecule has 0 spiro atoms. The average Bonchev–Trinajstić information content (AvgIpc) is 3.05. The Kier molecular flexibility index (Phi) is 6.00. The number of carbonyl (C=O) groups excluding carboxylic acids is 2. The minimum atomic E-state index is -0.739. The number of carbonyl (C=O) groups is 2. The lowest BCUT2D eigenvalue weighted by molar-refractivity contribution is -0.136. The third-order valence-corrected chi connectivity index (χ3v) is 4.08. The topological polar surface area (TPSA) is 74.6 Å². The van der Waals surface area contributed by atoms with Gasteiger partial charge in [-0.15, -0.1) is 0 Å². The van der Waals surface area contributed by atoms with E-state index in [4.69, 9.17) is 16.0 Å². The number of hydrogen-bond acceptors (Lipinski definition) is 4. The maximum absolute atomic E-state index is 12.0. The molecule has 2 aromatic rings. The Morgan fingerprint density at radius 2 is 1.96 bits per heavy atom. The van der Waals surface area contributed by atoms with Gasteiger partial charge in [0.15, 0.2) is 0 Å². The molecule has 0 bridgehead atoms. The van der Waals surface area contributed by atoms with Crippen molar-refractivity contribution in [3.05, 3.63) is 52.9 Å². The van der Waals surface area contributed by atoms with Crippen LogP contribution in [0.1, 0.15) is 17.4 Å². The zero-order valence-corrected chi connectivity index (χ0v) is 14.6. The normalized spacial score (nSPS) is 12.0. The van der Waals surface area contributed by atoms with Crippen molar-refractivity contribution in [1.82, 2.24) is 10.2 Å². The third-order valence-electron chi connectivity index (χ3n) is 3.67. The Morgan fingerprint density at radius 1 is 1.21 bits per heavy atom. The molecule has 0 aliphatic carbocycles. The van der Waals surface area contributed by atoms with Crippen LogP contribution in [0.25, 0.3) is 0 Å². The molecule has 0 saturated heterocycles. The van der Waals surface area contributed by atoms with Gasteiger partial charge in [-0.3, -0.25) is 14.5 Å². The summed E-state index contributed by atoms with van der Waals surface area (Å²) in [5.74, 6) is -0.739. The number of anilines is 1.